The third kappa shape index (κ3) is 2.45. The van der Waals surface area contributed by atoms with Crippen LogP contribution in [0.1, 0.15) is 5.69 Å². The average Bonchev–Trinajstić information content (AvgIpc) is 2.80. The van der Waals surface area contributed by atoms with Crippen molar-refractivity contribution in [3.8, 4) is 0 Å². The van der Waals surface area contributed by atoms with Gasteiger partial charge in [0.25, 0.3) is 0 Å². The van der Waals surface area contributed by atoms with Crippen molar-refractivity contribution in [2.24, 2.45) is 0 Å². The SMILES string of the molecule is c1ccc2sc(SCc3ccncn3)nc2c1. The summed E-state index contributed by atoms with van der Waals surface area (Å²) in [6.07, 6.45) is 3.34. The summed E-state index contributed by atoms with van der Waals surface area (Å²) in [5, 5.41) is 0. The summed E-state index contributed by atoms with van der Waals surface area (Å²) in [5.74, 6) is 0.836. The Morgan fingerprint density at radius 1 is 1.18 bits per heavy atom. The van der Waals surface area contributed by atoms with Gasteiger partial charge in [-0.1, -0.05) is 23.9 Å². The Labute approximate surface area is 107 Å². The van der Waals surface area contributed by atoms with Gasteiger partial charge in [0, 0.05) is 11.9 Å². The maximum absolute atomic E-state index is 4.57. The lowest BCUT2D eigenvalue weighted by Gasteiger charge is -1.95. The number of hydrogen-bond donors (Lipinski definition) is 0. The minimum atomic E-state index is 0.836. The zero-order valence-corrected chi connectivity index (χ0v) is 10.5. The van der Waals surface area contributed by atoms with E-state index in [2.05, 4.69) is 21.0 Å². The van der Waals surface area contributed by atoms with E-state index in [0.29, 0.717) is 0 Å². The molecule has 0 unspecified atom stereocenters. The molecule has 5 heteroatoms. The number of rotatable bonds is 3. The van der Waals surface area contributed by atoms with Gasteiger partial charge < -0.3 is 0 Å². The summed E-state index contributed by atoms with van der Waals surface area (Å²) in [4.78, 5) is 12.7. The topological polar surface area (TPSA) is 38.7 Å². The Balaban J connectivity index is 1.77. The number of aromatic nitrogens is 3. The summed E-state index contributed by atoms with van der Waals surface area (Å²) in [6, 6.07) is 10.1. The molecule has 0 saturated heterocycles. The summed E-state index contributed by atoms with van der Waals surface area (Å²) >= 11 is 3.44. The van der Waals surface area contributed by atoms with Gasteiger partial charge in [-0.2, -0.15) is 0 Å². The fraction of sp³-hybridized carbons (Fsp3) is 0.0833. The number of thiazole rings is 1. The lowest BCUT2D eigenvalue weighted by molar-refractivity contribution is 1.09. The average molecular weight is 259 g/mol. The summed E-state index contributed by atoms with van der Waals surface area (Å²) < 4.78 is 2.32. The molecule has 0 fully saturated rings. The van der Waals surface area contributed by atoms with Crippen LogP contribution in [0.5, 0.6) is 0 Å². The Kier molecular flexibility index (Phi) is 3.02. The van der Waals surface area contributed by atoms with Crippen LogP contribution in [-0.4, -0.2) is 15.0 Å². The molecule has 1 aromatic carbocycles. The van der Waals surface area contributed by atoms with E-state index >= 15 is 0 Å². The van der Waals surface area contributed by atoms with Gasteiger partial charge in [0.1, 0.15) is 6.33 Å². The van der Waals surface area contributed by atoms with E-state index < -0.39 is 0 Å². The Bertz CT molecular complexity index is 589. The van der Waals surface area contributed by atoms with E-state index in [9.17, 15) is 0 Å². The van der Waals surface area contributed by atoms with E-state index in [1.54, 1.807) is 35.6 Å². The Morgan fingerprint density at radius 2 is 2.12 bits per heavy atom. The first-order valence-electron chi connectivity index (χ1n) is 5.15. The predicted octanol–water partition coefficient (Wildman–Crippen LogP) is 3.38. The first-order chi connectivity index (χ1) is 8.42. The first kappa shape index (κ1) is 10.7. The Hall–Kier alpha value is -1.46. The molecule has 3 rings (SSSR count). The third-order valence-electron chi connectivity index (χ3n) is 2.26. The summed E-state index contributed by atoms with van der Waals surface area (Å²) in [5.41, 5.74) is 2.10. The van der Waals surface area contributed by atoms with E-state index in [1.807, 2.05) is 24.3 Å². The molecule has 3 nitrogen and oxygen atoms in total. The van der Waals surface area contributed by atoms with Crippen LogP contribution < -0.4 is 0 Å². The van der Waals surface area contributed by atoms with Gasteiger partial charge in [0.15, 0.2) is 4.34 Å². The highest BCUT2D eigenvalue weighted by molar-refractivity contribution is 8.00. The van der Waals surface area contributed by atoms with Crippen LogP contribution in [0.3, 0.4) is 0 Å². The first-order valence-corrected chi connectivity index (χ1v) is 6.95. The van der Waals surface area contributed by atoms with Gasteiger partial charge in [0.05, 0.1) is 15.9 Å². The van der Waals surface area contributed by atoms with Gasteiger partial charge in [-0.05, 0) is 18.2 Å². The molecule has 84 valence electrons. The zero-order valence-electron chi connectivity index (χ0n) is 8.91. The molecule has 0 N–H and O–H groups in total. The number of thioether (sulfide) groups is 1. The predicted molar refractivity (Wildman–Crippen MR) is 71.2 cm³/mol. The molecular formula is C12H9N3S2. The largest absolute Gasteiger partial charge is 0.245 e. The molecule has 0 amide bonds. The molecule has 0 bridgehead atoms. The second kappa shape index (κ2) is 4.81. The lowest BCUT2D eigenvalue weighted by Crippen LogP contribution is -1.85. The molecule has 0 radical (unpaired) electrons. The summed E-state index contributed by atoms with van der Waals surface area (Å²) in [6.45, 7) is 0. The second-order valence-corrected chi connectivity index (χ2v) is 5.69. The molecule has 17 heavy (non-hydrogen) atoms. The van der Waals surface area contributed by atoms with Crippen molar-refractivity contribution in [3.63, 3.8) is 0 Å². The van der Waals surface area contributed by atoms with Crippen LogP contribution in [0, 0.1) is 0 Å². The van der Waals surface area contributed by atoms with Crippen molar-refractivity contribution in [1.29, 1.82) is 0 Å². The van der Waals surface area contributed by atoms with Gasteiger partial charge >= 0.3 is 0 Å². The molecule has 0 aliphatic rings. The molecule has 2 heterocycles. The number of benzene rings is 1. The number of fused-ring (bicyclic) bond motifs is 1. The fourth-order valence-corrected chi connectivity index (χ4v) is 3.44. The van der Waals surface area contributed by atoms with Crippen LogP contribution in [-0.2, 0) is 5.75 Å². The van der Waals surface area contributed by atoms with Crippen LogP contribution in [0.2, 0.25) is 0 Å². The fourth-order valence-electron chi connectivity index (χ4n) is 1.45. The van der Waals surface area contributed by atoms with Crippen molar-refractivity contribution in [3.05, 3.63) is 48.5 Å². The van der Waals surface area contributed by atoms with Crippen molar-refractivity contribution in [1.82, 2.24) is 15.0 Å². The van der Waals surface area contributed by atoms with Crippen molar-refractivity contribution in [2.75, 3.05) is 0 Å². The Morgan fingerprint density at radius 3 is 2.94 bits per heavy atom. The van der Waals surface area contributed by atoms with Crippen molar-refractivity contribution in [2.45, 2.75) is 10.1 Å². The minimum Gasteiger partial charge on any atom is -0.245 e. The highest BCUT2D eigenvalue weighted by Gasteiger charge is 2.04. The maximum Gasteiger partial charge on any atom is 0.151 e. The molecule has 0 saturated carbocycles. The summed E-state index contributed by atoms with van der Waals surface area (Å²) in [7, 11) is 0. The maximum atomic E-state index is 4.57. The zero-order chi connectivity index (χ0) is 11.5. The number of nitrogens with zero attached hydrogens (tertiary/aromatic N) is 3. The lowest BCUT2D eigenvalue weighted by atomic mass is 10.3. The normalized spacial score (nSPS) is 10.8. The third-order valence-corrected chi connectivity index (χ3v) is 4.47. The highest BCUT2D eigenvalue weighted by Crippen LogP contribution is 2.30. The monoisotopic (exact) mass is 259 g/mol. The number of hydrogen-bond acceptors (Lipinski definition) is 5. The molecule has 3 aromatic rings. The molecule has 0 atom stereocenters. The van der Waals surface area contributed by atoms with Gasteiger partial charge in [0.2, 0.25) is 0 Å². The van der Waals surface area contributed by atoms with Crippen molar-refractivity contribution < 1.29 is 0 Å². The van der Waals surface area contributed by atoms with Crippen LogP contribution in [0.25, 0.3) is 10.2 Å². The molecular weight excluding hydrogens is 250 g/mol. The van der Waals surface area contributed by atoms with E-state index in [1.165, 1.54) is 4.70 Å². The molecule has 0 aliphatic heterocycles. The minimum absolute atomic E-state index is 0.836. The van der Waals surface area contributed by atoms with Gasteiger partial charge in [-0.15, -0.1) is 11.3 Å². The smallest absolute Gasteiger partial charge is 0.151 e. The van der Waals surface area contributed by atoms with E-state index in [-0.39, 0.29) is 0 Å². The second-order valence-electron chi connectivity index (χ2n) is 3.44. The van der Waals surface area contributed by atoms with E-state index in [0.717, 1.165) is 21.3 Å². The van der Waals surface area contributed by atoms with Gasteiger partial charge in [-0.25, -0.2) is 15.0 Å². The van der Waals surface area contributed by atoms with Crippen LogP contribution >= 0.6 is 23.1 Å². The molecule has 0 spiro atoms. The van der Waals surface area contributed by atoms with Crippen LogP contribution in [0.4, 0.5) is 0 Å². The molecule has 0 aliphatic carbocycles. The van der Waals surface area contributed by atoms with Crippen molar-refractivity contribution >= 4 is 33.3 Å². The van der Waals surface area contributed by atoms with Gasteiger partial charge in [-0.3, -0.25) is 0 Å². The molecule has 2 aromatic heterocycles. The standard InChI is InChI=1S/C12H9N3S2/c1-2-4-11-10(3-1)15-12(17-11)16-7-9-5-6-13-8-14-9/h1-6,8H,7H2. The number of para-hydroxylation sites is 1. The van der Waals surface area contributed by atoms with E-state index in [4.69, 9.17) is 0 Å². The highest BCUT2D eigenvalue weighted by atomic mass is 32.2. The van der Waals surface area contributed by atoms with Crippen LogP contribution in [0.15, 0.2) is 47.2 Å². The quantitative estimate of drug-likeness (QED) is 0.676.